The maximum Gasteiger partial charge on any atom is 0.446 e. The van der Waals surface area contributed by atoms with Gasteiger partial charge in [0.25, 0.3) is 0 Å². The van der Waals surface area contributed by atoms with Crippen molar-refractivity contribution in [1.82, 2.24) is 0 Å². The van der Waals surface area contributed by atoms with E-state index in [0.29, 0.717) is 12.0 Å². The molecule has 0 heterocycles. The predicted octanol–water partition coefficient (Wildman–Crippen LogP) is 3.74. The number of thioether (sulfide) groups is 1. The molecular weight excluding hydrogens is 225 g/mol. The second-order valence-electron chi connectivity index (χ2n) is 3.04. The summed E-state index contributed by atoms with van der Waals surface area (Å²) in [6.45, 7) is 1.77. The number of halogens is 3. The summed E-state index contributed by atoms with van der Waals surface area (Å²) < 4.78 is 36.2. The summed E-state index contributed by atoms with van der Waals surface area (Å²) in [7, 11) is 0. The van der Waals surface area contributed by atoms with Crippen molar-refractivity contribution < 1.29 is 18.3 Å². The zero-order chi connectivity index (χ0) is 11.5. The highest BCUT2D eigenvalue weighted by atomic mass is 32.2. The van der Waals surface area contributed by atoms with Gasteiger partial charge in [-0.3, -0.25) is 0 Å². The van der Waals surface area contributed by atoms with Crippen LogP contribution in [0.3, 0.4) is 0 Å². The number of aliphatic hydroxyl groups is 1. The minimum Gasteiger partial charge on any atom is -0.388 e. The number of aliphatic hydroxyl groups excluding tert-OH is 1. The van der Waals surface area contributed by atoms with E-state index in [1.807, 2.05) is 0 Å². The van der Waals surface area contributed by atoms with Gasteiger partial charge in [0.2, 0.25) is 0 Å². The molecule has 0 aliphatic heterocycles. The fourth-order valence-electron chi connectivity index (χ4n) is 1.15. The molecule has 0 amide bonds. The average Bonchev–Trinajstić information content (AvgIpc) is 2.14. The largest absolute Gasteiger partial charge is 0.446 e. The van der Waals surface area contributed by atoms with Crippen LogP contribution in [-0.4, -0.2) is 10.6 Å². The maximum atomic E-state index is 12.1. The first kappa shape index (κ1) is 12.4. The van der Waals surface area contributed by atoms with Crippen molar-refractivity contribution in [3.63, 3.8) is 0 Å². The highest BCUT2D eigenvalue weighted by molar-refractivity contribution is 8.00. The van der Waals surface area contributed by atoms with Crippen LogP contribution in [0.2, 0.25) is 0 Å². The molecule has 1 rings (SSSR count). The molecule has 0 spiro atoms. The van der Waals surface area contributed by atoms with Crippen molar-refractivity contribution in [2.24, 2.45) is 0 Å². The molecule has 1 unspecified atom stereocenters. The number of rotatable bonds is 3. The molecule has 0 aromatic heterocycles. The molecule has 0 fully saturated rings. The Balaban J connectivity index is 2.83. The third kappa shape index (κ3) is 4.13. The molecule has 1 N–H and O–H groups in total. The van der Waals surface area contributed by atoms with Gasteiger partial charge in [-0.15, -0.1) is 0 Å². The van der Waals surface area contributed by atoms with Crippen LogP contribution in [-0.2, 0) is 0 Å². The fraction of sp³-hybridized carbons (Fsp3) is 0.400. The zero-order valence-corrected chi connectivity index (χ0v) is 8.90. The Morgan fingerprint density at radius 3 is 2.60 bits per heavy atom. The minimum absolute atomic E-state index is 0.104. The van der Waals surface area contributed by atoms with Gasteiger partial charge in [0, 0.05) is 4.90 Å². The normalized spacial score (nSPS) is 13.9. The second kappa shape index (κ2) is 4.90. The molecular formula is C10H11F3OS. The van der Waals surface area contributed by atoms with Gasteiger partial charge in [0.1, 0.15) is 0 Å². The van der Waals surface area contributed by atoms with Crippen LogP contribution >= 0.6 is 11.8 Å². The highest BCUT2D eigenvalue weighted by Gasteiger charge is 2.29. The Morgan fingerprint density at radius 2 is 2.07 bits per heavy atom. The van der Waals surface area contributed by atoms with Gasteiger partial charge in [0.05, 0.1) is 6.10 Å². The topological polar surface area (TPSA) is 20.2 Å². The lowest BCUT2D eigenvalue weighted by Gasteiger charge is -2.10. The summed E-state index contributed by atoms with van der Waals surface area (Å²) in [4.78, 5) is 0.104. The molecule has 1 atom stereocenters. The van der Waals surface area contributed by atoms with Crippen LogP contribution in [0.5, 0.6) is 0 Å². The minimum atomic E-state index is -4.28. The van der Waals surface area contributed by atoms with E-state index < -0.39 is 11.6 Å². The first-order chi connectivity index (χ1) is 6.92. The molecule has 0 aliphatic rings. The molecule has 0 saturated carbocycles. The molecule has 0 bridgehead atoms. The number of hydrogen-bond acceptors (Lipinski definition) is 2. The number of hydrogen-bond donors (Lipinski definition) is 1. The molecule has 5 heteroatoms. The van der Waals surface area contributed by atoms with Crippen LogP contribution in [0.1, 0.15) is 25.0 Å². The molecule has 15 heavy (non-hydrogen) atoms. The molecule has 0 aliphatic carbocycles. The molecule has 1 aromatic rings. The third-order valence-corrected chi connectivity index (χ3v) is 2.58. The standard InChI is InChI=1S/C10H11F3OS/c1-2-9(14)7-4-3-5-8(6-7)15-10(11,12)13/h3-6,9,14H,2H2,1H3. The quantitative estimate of drug-likeness (QED) is 0.807. The van der Waals surface area contributed by atoms with E-state index in [2.05, 4.69) is 0 Å². The Labute approximate surface area is 90.3 Å². The Bertz CT molecular complexity index is 325. The van der Waals surface area contributed by atoms with E-state index in [1.54, 1.807) is 13.0 Å². The Hall–Kier alpha value is -0.680. The summed E-state index contributed by atoms with van der Waals surface area (Å²) in [5, 5.41) is 9.46. The summed E-state index contributed by atoms with van der Waals surface area (Å²) in [5.41, 5.74) is -3.76. The third-order valence-electron chi connectivity index (χ3n) is 1.86. The van der Waals surface area contributed by atoms with Crippen molar-refractivity contribution in [3.8, 4) is 0 Å². The number of benzene rings is 1. The van der Waals surface area contributed by atoms with Gasteiger partial charge >= 0.3 is 5.51 Å². The van der Waals surface area contributed by atoms with E-state index in [9.17, 15) is 18.3 Å². The van der Waals surface area contributed by atoms with Gasteiger partial charge in [-0.2, -0.15) is 13.2 Å². The smallest absolute Gasteiger partial charge is 0.388 e. The monoisotopic (exact) mass is 236 g/mol. The number of alkyl halides is 3. The van der Waals surface area contributed by atoms with Crippen molar-refractivity contribution in [1.29, 1.82) is 0 Å². The van der Waals surface area contributed by atoms with Crippen molar-refractivity contribution in [2.45, 2.75) is 29.9 Å². The van der Waals surface area contributed by atoms with Crippen molar-refractivity contribution in [3.05, 3.63) is 29.8 Å². The maximum absolute atomic E-state index is 12.1. The summed E-state index contributed by atoms with van der Waals surface area (Å²) >= 11 is -0.168. The SMILES string of the molecule is CCC(O)c1cccc(SC(F)(F)F)c1. The summed E-state index contributed by atoms with van der Waals surface area (Å²) in [6, 6.07) is 5.88. The van der Waals surface area contributed by atoms with Crippen LogP contribution in [0.25, 0.3) is 0 Å². The molecule has 84 valence electrons. The predicted molar refractivity (Wildman–Crippen MR) is 53.6 cm³/mol. The lowest BCUT2D eigenvalue weighted by molar-refractivity contribution is -0.0328. The molecule has 0 radical (unpaired) electrons. The molecule has 0 saturated heterocycles. The summed E-state index contributed by atoms with van der Waals surface area (Å²) in [6.07, 6.45) is -0.209. The lowest BCUT2D eigenvalue weighted by Crippen LogP contribution is -2.00. The van der Waals surface area contributed by atoms with Gasteiger partial charge in [-0.25, -0.2) is 0 Å². The Morgan fingerprint density at radius 1 is 1.40 bits per heavy atom. The Kier molecular flexibility index (Phi) is 4.04. The highest BCUT2D eigenvalue weighted by Crippen LogP contribution is 2.37. The second-order valence-corrected chi connectivity index (χ2v) is 4.18. The summed E-state index contributed by atoms with van der Waals surface area (Å²) in [5.74, 6) is 0. The zero-order valence-electron chi connectivity index (χ0n) is 8.08. The van der Waals surface area contributed by atoms with E-state index in [4.69, 9.17) is 0 Å². The first-order valence-corrected chi connectivity index (χ1v) is 5.28. The molecule has 1 nitrogen and oxygen atoms in total. The van der Waals surface area contributed by atoms with E-state index in [1.165, 1.54) is 18.2 Å². The van der Waals surface area contributed by atoms with Crippen LogP contribution in [0, 0.1) is 0 Å². The van der Waals surface area contributed by atoms with Gasteiger partial charge < -0.3 is 5.11 Å². The van der Waals surface area contributed by atoms with Gasteiger partial charge in [0.15, 0.2) is 0 Å². The van der Waals surface area contributed by atoms with Gasteiger partial charge in [-0.05, 0) is 35.9 Å². The van der Waals surface area contributed by atoms with Crippen LogP contribution in [0.15, 0.2) is 29.2 Å². The van der Waals surface area contributed by atoms with E-state index in [-0.39, 0.29) is 16.7 Å². The van der Waals surface area contributed by atoms with Crippen molar-refractivity contribution >= 4 is 11.8 Å². The van der Waals surface area contributed by atoms with Crippen molar-refractivity contribution in [2.75, 3.05) is 0 Å². The fourth-order valence-corrected chi connectivity index (χ4v) is 1.76. The van der Waals surface area contributed by atoms with Gasteiger partial charge in [-0.1, -0.05) is 19.1 Å². The first-order valence-electron chi connectivity index (χ1n) is 4.46. The molecule has 1 aromatic carbocycles. The van der Waals surface area contributed by atoms with E-state index in [0.717, 1.165) is 0 Å². The van der Waals surface area contributed by atoms with Crippen LogP contribution < -0.4 is 0 Å². The van der Waals surface area contributed by atoms with E-state index >= 15 is 0 Å². The average molecular weight is 236 g/mol. The van der Waals surface area contributed by atoms with Crippen LogP contribution in [0.4, 0.5) is 13.2 Å². The lowest BCUT2D eigenvalue weighted by atomic mass is 10.1.